The van der Waals surface area contributed by atoms with Gasteiger partial charge >= 0.3 is 6.18 Å². The molecule has 1 heterocycles. The van der Waals surface area contributed by atoms with Gasteiger partial charge in [-0.3, -0.25) is 9.59 Å². The summed E-state index contributed by atoms with van der Waals surface area (Å²) in [7, 11) is 0. The molecule has 1 aliphatic rings. The summed E-state index contributed by atoms with van der Waals surface area (Å²) in [5.74, 6) is -0.666. The fourth-order valence-electron chi connectivity index (χ4n) is 1.20. The Morgan fingerprint density at radius 3 is 2.43 bits per heavy atom. The highest BCUT2D eigenvalue weighted by Crippen LogP contribution is 2.17. The van der Waals surface area contributed by atoms with Crippen molar-refractivity contribution in [2.24, 2.45) is 0 Å². The van der Waals surface area contributed by atoms with Gasteiger partial charge in [0.25, 0.3) is 0 Å². The molecule has 4 nitrogen and oxygen atoms in total. The highest BCUT2D eigenvalue weighted by molar-refractivity contribution is 5.81. The summed E-state index contributed by atoms with van der Waals surface area (Å²) in [6, 6.07) is 0. The lowest BCUT2D eigenvalue weighted by atomic mass is 10.3. The van der Waals surface area contributed by atoms with Crippen LogP contribution < -0.4 is 0 Å². The summed E-state index contributed by atoms with van der Waals surface area (Å²) in [5.41, 5.74) is 0. The van der Waals surface area contributed by atoms with E-state index in [2.05, 4.69) is 0 Å². The van der Waals surface area contributed by atoms with E-state index < -0.39 is 18.6 Å². The molecule has 0 aliphatic carbocycles. The van der Waals surface area contributed by atoms with Gasteiger partial charge in [-0.05, 0) is 0 Å². The second-order valence-electron chi connectivity index (χ2n) is 3.01. The number of hydrogen-bond donors (Lipinski definition) is 0. The molecule has 2 amide bonds. The average Bonchev–Trinajstić information content (AvgIpc) is 2.06. The molecule has 0 saturated carbocycles. The molecule has 1 fully saturated rings. The van der Waals surface area contributed by atoms with Crippen molar-refractivity contribution in [1.29, 1.82) is 0 Å². The Kier molecular flexibility index (Phi) is 2.97. The van der Waals surface area contributed by atoms with Crippen LogP contribution in [0.5, 0.6) is 0 Å². The molecule has 14 heavy (non-hydrogen) atoms. The van der Waals surface area contributed by atoms with Crippen LogP contribution in [0.3, 0.4) is 0 Å². The lowest BCUT2D eigenvalue weighted by Gasteiger charge is -2.32. The zero-order valence-electron chi connectivity index (χ0n) is 7.25. The van der Waals surface area contributed by atoms with E-state index in [1.54, 1.807) is 0 Å². The fourth-order valence-corrected chi connectivity index (χ4v) is 1.20. The summed E-state index contributed by atoms with van der Waals surface area (Å²) in [6.07, 6.45) is -3.91. The lowest BCUT2D eigenvalue weighted by Crippen LogP contribution is -2.52. The van der Waals surface area contributed by atoms with Crippen LogP contribution in [0.1, 0.15) is 0 Å². The first-order valence-corrected chi connectivity index (χ1v) is 3.96. The summed E-state index contributed by atoms with van der Waals surface area (Å²) < 4.78 is 35.7. The summed E-state index contributed by atoms with van der Waals surface area (Å²) >= 11 is 0. The number of nitrogens with zero attached hydrogens (tertiary/aromatic N) is 2. The van der Waals surface area contributed by atoms with Crippen LogP contribution >= 0.6 is 0 Å². The molecular weight excluding hydrogens is 201 g/mol. The van der Waals surface area contributed by atoms with Gasteiger partial charge in [0, 0.05) is 13.1 Å². The molecule has 0 radical (unpaired) electrons. The molecule has 0 aromatic heterocycles. The van der Waals surface area contributed by atoms with E-state index in [-0.39, 0.29) is 19.6 Å². The minimum atomic E-state index is -4.38. The average molecular weight is 210 g/mol. The van der Waals surface area contributed by atoms with Crippen molar-refractivity contribution < 1.29 is 22.8 Å². The topological polar surface area (TPSA) is 40.6 Å². The third kappa shape index (κ3) is 2.90. The number of amides is 2. The second kappa shape index (κ2) is 3.85. The van der Waals surface area contributed by atoms with E-state index in [9.17, 15) is 22.8 Å². The van der Waals surface area contributed by atoms with Gasteiger partial charge in [-0.2, -0.15) is 13.2 Å². The Bertz CT molecular complexity index is 242. The zero-order chi connectivity index (χ0) is 10.8. The van der Waals surface area contributed by atoms with E-state index >= 15 is 0 Å². The second-order valence-corrected chi connectivity index (χ2v) is 3.01. The predicted molar refractivity (Wildman–Crippen MR) is 40.3 cm³/mol. The Balaban J connectivity index is 2.50. The van der Waals surface area contributed by atoms with Crippen molar-refractivity contribution in [3.05, 3.63) is 0 Å². The molecule has 1 rings (SSSR count). The van der Waals surface area contributed by atoms with Gasteiger partial charge in [-0.25, -0.2) is 0 Å². The molecule has 0 spiro atoms. The number of carbonyl (C=O) groups excluding carboxylic acids is 2. The highest BCUT2D eigenvalue weighted by atomic mass is 19.4. The zero-order valence-corrected chi connectivity index (χ0v) is 7.25. The molecule has 80 valence electrons. The number of rotatable bonds is 2. The maximum atomic E-state index is 11.9. The Hall–Kier alpha value is -1.27. The third-order valence-electron chi connectivity index (χ3n) is 1.87. The van der Waals surface area contributed by atoms with Crippen LogP contribution in [0.25, 0.3) is 0 Å². The van der Waals surface area contributed by atoms with Crippen molar-refractivity contribution in [3.63, 3.8) is 0 Å². The fraction of sp³-hybridized carbons (Fsp3) is 0.714. The predicted octanol–water partition coefficient (Wildman–Crippen LogP) is -0.151. The Morgan fingerprint density at radius 2 is 2.00 bits per heavy atom. The molecule has 0 bridgehead atoms. The number of hydrogen-bond acceptors (Lipinski definition) is 2. The van der Waals surface area contributed by atoms with Gasteiger partial charge < -0.3 is 9.80 Å². The van der Waals surface area contributed by atoms with Crippen LogP contribution in [0.4, 0.5) is 13.2 Å². The van der Waals surface area contributed by atoms with Crippen LogP contribution in [0.15, 0.2) is 0 Å². The van der Waals surface area contributed by atoms with Gasteiger partial charge in [0.15, 0.2) is 0 Å². The van der Waals surface area contributed by atoms with Crippen LogP contribution in [-0.2, 0) is 9.59 Å². The summed E-state index contributed by atoms with van der Waals surface area (Å²) in [4.78, 5) is 23.2. The van der Waals surface area contributed by atoms with Crippen LogP contribution in [0.2, 0.25) is 0 Å². The molecule has 0 aromatic carbocycles. The van der Waals surface area contributed by atoms with E-state index in [4.69, 9.17) is 0 Å². The number of carbonyl (C=O) groups is 2. The third-order valence-corrected chi connectivity index (χ3v) is 1.87. The maximum absolute atomic E-state index is 11.9. The largest absolute Gasteiger partial charge is 0.406 e. The molecule has 0 N–H and O–H groups in total. The van der Waals surface area contributed by atoms with Gasteiger partial charge in [-0.15, -0.1) is 0 Å². The number of alkyl halides is 3. The van der Waals surface area contributed by atoms with E-state index in [1.165, 1.54) is 0 Å². The van der Waals surface area contributed by atoms with Crippen molar-refractivity contribution >= 4 is 12.3 Å². The van der Waals surface area contributed by atoms with E-state index in [0.717, 1.165) is 4.90 Å². The van der Waals surface area contributed by atoms with Crippen molar-refractivity contribution in [1.82, 2.24) is 9.80 Å². The van der Waals surface area contributed by atoms with Gasteiger partial charge in [-0.1, -0.05) is 0 Å². The van der Waals surface area contributed by atoms with Crippen molar-refractivity contribution in [2.75, 3.05) is 26.2 Å². The molecule has 0 aromatic rings. The SMILES string of the molecule is O=CN1CCN(CC(F)(F)F)C(=O)C1. The maximum Gasteiger partial charge on any atom is 0.406 e. The minimum Gasteiger partial charge on any atom is -0.334 e. The molecule has 0 unspecified atom stereocenters. The Labute approximate surface area is 78.3 Å². The van der Waals surface area contributed by atoms with Crippen LogP contribution in [-0.4, -0.2) is 54.5 Å². The van der Waals surface area contributed by atoms with Crippen LogP contribution in [0, 0.1) is 0 Å². The normalized spacial score (nSPS) is 18.6. The molecule has 1 aliphatic heterocycles. The summed E-state index contributed by atoms with van der Waals surface area (Å²) in [6.45, 7) is -1.40. The number of piperazine rings is 1. The first-order valence-electron chi connectivity index (χ1n) is 3.96. The first kappa shape index (κ1) is 10.8. The molecule has 7 heteroatoms. The monoisotopic (exact) mass is 210 g/mol. The summed E-state index contributed by atoms with van der Waals surface area (Å²) in [5, 5.41) is 0. The van der Waals surface area contributed by atoms with Crippen molar-refractivity contribution in [2.45, 2.75) is 6.18 Å². The Morgan fingerprint density at radius 1 is 1.36 bits per heavy atom. The lowest BCUT2D eigenvalue weighted by molar-refractivity contribution is -0.166. The van der Waals surface area contributed by atoms with Crippen molar-refractivity contribution in [3.8, 4) is 0 Å². The standard InChI is InChI=1S/C7H9F3N2O2/c8-7(9,10)4-12-2-1-11(5-13)3-6(12)14/h5H,1-4H2. The minimum absolute atomic E-state index is 0.0584. The quantitative estimate of drug-likeness (QED) is 0.595. The van der Waals surface area contributed by atoms with Gasteiger partial charge in [0.1, 0.15) is 6.54 Å². The molecule has 0 atom stereocenters. The van der Waals surface area contributed by atoms with Gasteiger partial charge in [0.2, 0.25) is 12.3 Å². The van der Waals surface area contributed by atoms with E-state index in [1.807, 2.05) is 0 Å². The first-order chi connectivity index (χ1) is 6.42. The van der Waals surface area contributed by atoms with Gasteiger partial charge in [0.05, 0.1) is 6.54 Å². The molecule has 1 saturated heterocycles. The highest BCUT2D eigenvalue weighted by Gasteiger charge is 2.34. The molecular formula is C7H9F3N2O2. The number of halogens is 3. The smallest absolute Gasteiger partial charge is 0.334 e. The van der Waals surface area contributed by atoms with E-state index in [0.29, 0.717) is 11.3 Å².